The highest BCUT2D eigenvalue weighted by Gasteiger charge is 2.17. The highest BCUT2D eigenvalue weighted by atomic mass is 16.2. The quantitative estimate of drug-likeness (QED) is 0.649. The average molecular weight is 417 g/mol. The van der Waals surface area contributed by atoms with Crippen LogP contribution in [0.2, 0.25) is 0 Å². The molecule has 2 amide bonds. The molecule has 2 aromatic carbocycles. The van der Waals surface area contributed by atoms with E-state index in [-0.39, 0.29) is 11.8 Å². The number of hydrogen-bond donors (Lipinski definition) is 2. The van der Waals surface area contributed by atoms with Crippen molar-refractivity contribution in [3.63, 3.8) is 0 Å². The fraction of sp³-hybridized carbons (Fsp3) is 0.280. The van der Waals surface area contributed by atoms with Crippen LogP contribution in [0, 0.1) is 13.8 Å². The molecule has 1 aromatic heterocycles. The first-order valence-electron chi connectivity index (χ1n) is 10.6. The first kappa shape index (κ1) is 20.7. The van der Waals surface area contributed by atoms with E-state index in [0.717, 1.165) is 35.7 Å². The van der Waals surface area contributed by atoms with E-state index >= 15 is 0 Å². The summed E-state index contributed by atoms with van der Waals surface area (Å²) >= 11 is 0. The minimum atomic E-state index is -0.0656. The maximum atomic E-state index is 12.8. The second kappa shape index (κ2) is 9.08. The standard InChI is InChI=1S/C25H28N4O2/c1-18-14-23(19(2)29(18)16-21-6-4-3-5-7-21)25(31)27-15-20-8-10-22(11-9-20)28-13-12-26-24(30)17-28/h3-11,14H,12-13,15-17H2,1-2H3,(H,26,30)(H,27,31). The molecule has 0 unspecified atom stereocenters. The number of nitrogens with one attached hydrogen (secondary N) is 2. The van der Waals surface area contributed by atoms with Crippen LogP contribution in [0.4, 0.5) is 5.69 Å². The van der Waals surface area contributed by atoms with Crippen LogP contribution in [0.25, 0.3) is 0 Å². The second-order valence-corrected chi connectivity index (χ2v) is 7.98. The van der Waals surface area contributed by atoms with Crippen LogP contribution in [-0.2, 0) is 17.9 Å². The maximum Gasteiger partial charge on any atom is 0.253 e. The van der Waals surface area contributed by atoms with Crippen molar-refractivity contribution in [2.24, 2.45) is 0 Å². The van der Waals surface area contributed by atoms with E-state index in [1.54, 1.807) is 0 Å². The number of carbonyl (C=O) groups excluding carboxylic acids is 2. The molecule has 6 nitrogen and oxygen atoms in total. The van der Waals surface area contributed by atoms with Gasteiger partial charge in [-0.2, -0.15) is 0 Å². The lowest BCUT2D eigenvalue weighted by atomic mass is 10.1. The summed E-state index contributed by atoms with van der Waals surface area (Å²) in [4.78, 5) is 26.5. The van der Waals surface area contributed by atoms with Gasteiger partial charge in [-0.3, -0.25) is 9.59 Å². The molecule has 0 aliphatic carbocycles. The van der Waals surface area contributed by atoms with Gasteiger partial charge in [-0.15, -0.1) is 0 Å². The number of nitrogens with zero attached hydrogens (tertiary/aromatic N) is 2. The lowest BCUT2D eigenvalue weighted by molar-refractivity contribution is -0.120. The van der Waals surface area contributed by atoms with E-state index in [4.69, 9.17) is 0 Å². The van der Waals surface area contributed by atoms with Crippen molar-refractivity contribution in [2.75, 3.05) is 24.5 Å². The van der Waals surface area contributed by atoms with Gasteiger partial charge in [0.1, 0.15) is 0 Å². The summed E-state index contributed by atoms with van der Waals surface area (Å²) in [5, 5.41) is 5.87. The Kier molecular flexibility index (Phi) is 6.07. The smallest absolute Gasteiger partial charge is 0.253 e. The van der Waals surface area contributed by atoms with E-state index in [1.165, 1.54) is 5.56 Å². The van der Waals surface area contributed by atoms with Gasteiger partial charge in [0.25, 0.3) is 5.91 Å². The van der Waals surface area contributed by atoms with Crippen LogP contribution < -0.4 is 15.5 Å². The molecule has 1 aliphatic rings. The third kappa shape index (κ3) is 4.79. The fourth-order valence-corrected chi connectivity index (χ4v) is 4.00. The molecule has 160 valence electrons. The molecule has 1 aliphatic heterocycles. The number of amides is 2. The molecule has 0 atom stereocenters. The van der Waals surface area contributed by atoms with E-state index in [9.17, 15) is 9.59 Å². The molecular weight excluding hydrogens is 388 g/mol. The Labute approximate surface area is 182 Å². The first-order chi connectivity index (χ1) is 15.0. The van der Waals surface area contributed by atoms with Gasteiger partial charge in [-0.25, -0.2) is 0 Å². The zero-order valence-electron chi connectivity index (χ0n) is 18.0. The predicted octanol–water partition coefficient (Wildman–Crippen LogP) is 3.02. The van der Waals surface area contributed by atoms with E-state index < -0.39 is 0 Å². The largest absolute Gasteiger partial charge is 0.360 e. The van der Waals surface area contributed by atoms with Gasteiger partial charge >= 0.3 is 0 Å². The molecule has 4 rings (SSSR count). The molecule has 31 heavy (non-hydrogen) atoms. The second-order valence-electron chi connectivity index (χ2n) is 7.98. The highest BCUT2D eigenvalue weighted by Crippen LogP contribution is 2.19. The van der Waals surface area contributed by atoms with Gasteiger partial charge in [0.2, 0.25) is 5.91 Å². The van der Waals surface area contributed by atoms with Crippen molar-refractivity contribution in [1.29, 1.82) is 0 Å². The highest BCUT2D eigenvalue weighted by molar-refractivity contribution is 5.95. The van der Waals surface area contributed by atoms with Gasteiger partial charge in [-0.05, 0) is 43.2 Å². The minimum absolute atomic E-state index is 0.0486. The molecule has 0 radical (unpaired) electrons. The Balaban J connectivity index is 1.39. The lowest BCUT2D eigenvalue weighted by Crippen LogP contribution is -2.47. The zero-order chi connectivity index (χ0) is 21.8. The number of hydrogen-bond acceptors (Lipinski definition) is 3. The molecule has 3 aromatic rings. The van der Waals surface area contributed by atoms with Crippen molar-refractivity contribution < 1.29 is 9.59 Å². The number of aromatic nitrogens is 1. The van der Waals surface area contributed by atoms with Crippen LogP contribution in [0.5, 0.6) is 0 Å². The van der Waals surface area contributed by atoms with Gasteiger partial charge < -0.3 is 20.1 Å². The third-order valence-electron chi connectivity index (χ3n) is 5.79. The van der Waals surface area contributed by atoms with E-state index in [2.05, 4.69) is 32.2 Å². The van der Waals surface area contributed by atoms with Crippen molar-refractivity contribution in [3.05, 3.63) is 88.7 Å². The summed E-state index contributed by atoms with van der Waals surface area (Å²) in [5.74, 6) is -0.0170. The Morgan fingerprint density at radius 3 is 2.48 bits per heavy atom. The van der Waals surface area contributed by atoms with Gasteiger partial charge in [-0.1, -0.05) is 42.5 Å². The Morgan fingerprint density at radius 1 is 1.03 bits per heavy atom. The summed E-state index contributed by atoms with van der Waals surface area (Å²) in [6.07, 6.45) is 0. The van der Waals surface area contributed by atoms with Crippen LogP contribution in [0.15, 0.2) is 60.7 Å². The number of anilines is 1. The first-order valence-corrected chi connectivity index (χ1v) is 10.6. The SMILES string of the molecule is Cc1cc(C(=O)NCc2ccc(N3CCNC(=O)C3)cc2)c(C)n1Cc1ccccc1. The van der Waals surface area contributed by atoms with E-state index in [0.29, 0.717) is 25.2 Å². The number of rotatable bonds is 6. The maximum absolute atomic E-state index is 12.8. The fourth-order valence-electron chi connectivity index (χ4n) is 4.00. The molecule has 0 spiro atoms. The van der Waals surface area contributed by atoms with E-state index in [1.807, 2.05) is 62.4 Å². The molecule has 1 saturated heterocycles. The lowest BCUT2D eigenvalue weighted by Gasteiger charge is -2.28. The molecule has 2 heterocycles. The minimum Gasteiger partial charge on any atom is -0.360 e. The number of carbonyl (C=O) groups is 2. The van der Waals surface area contributed by atoms with Gasteiger partial charge in [0.15, 0.2) is 0 Å². The number of benzene rings is 2. The van der Waals surface area contributed by atoms with Gasteiger partial charge in [0.05, 0.1) is 12.1 Å². The summed E-state index contributed by atoms with van der Waals surface area (Å²) in [6, 6.07) is 20.2. The Bertz CT molecular complexity index is 1070. The van der Waals surface area contributed by atoms with Crippen LogP contribution >= 0.6 is 0 Å². The Hall–Kier alpha value is -3.54. The molecule has 0 bridgehead atoms. The molecule has 2 N–H and O–H groups in total. The summed E-state index contributed by atoms with van der Waals surface area (Å²) in [5.41, 5.74) is 6.01. The third-order valence-corrected chi connectivity index (χ3v) is 5.79. The van der Waals surface area contributed by atoms with Crippen LogP contribution in [0.3, 0.4) is 0 Å². The van der Waals surface area contributed by atoms with Crippen molar-refractivity contribution >= 4 is 17.5 Å². The van der Waals surface area contributed by atoms with Crippen molar-refractivity contribution in [1.82, 2.24) is 15.2 Å². The van der Waals surface area contributed by atoms with Gasteiger partial charge in [0, 0.05) is 43.3 Å². The predicted molar refractivity (Wildman–Crippen MR) is 122 cm³/mol. The molecule has 6 heteroatoms. The average Bonchev–Trinajstić information content (AvgIpc) is 3.07. The van der Waals surface area contributed by atoms with Crippen LogP contribution in [-0.4, -0.2) is 36.0 Å². The zero-order valence-corrected chi connectivity index (χ0v) is 18.0. The molecule has 0 saturated carbocycles. The Morgan fingerprint density at radius 2 is 1.77 bits per heavy atom. The summed E-state index contributed by atoms with van der Waals surface area (Å²) in [7, 11) is 0. The summed E-state index contributed by atoms with van der Waals surface area (Å²) < 4.78 is 2.17. The van der Waals surface area contributed by atoms with Crippen molar-refractivity contribution in [2.45, 2.75) is 26.9 Å². The monoisotopic (exact) mass is 416 g/mol. The normalized spacial score (nSPS) is 13.7. The topological polar surface area (TPSA) is 66.4 Å². The molecular formula is C25H28N4O2. The van der Waals surface area contributed by atoms with Crippen LogP contribution in [0.1, 0.15) is 32.9 Å². The number of aryl methyl sites for hydroxylation is 1. The molecule has 1 fully saturated rings. The number of piperazine rings is 1. The summed E-state index contributed by atoms with van der Waals surface area (Å²) in [6.45, 7) is 7.10. The van der Waals surface area contributed by atoms with Crippen molar-refractivity contribution in [3.8, 4) is 0 Å².